The summed E-state index contributed by atoms with van der Waals surface area (Å²) in [6.45, 7) is 2.27. The van der Waals surface area contributed by atoms with Gasteiger partial charge in [-0.15, -0.1) is 6.42 Å². The van der Waals surface area contributed by atoms with Crippen molar-refractivity contribution in [2.45, 2.75) is 13.3 Å². The van der Waals surface area contributed by atoms with Crippen molar-refractivity contribution in [1.82, 2.24) is 4.90 Å². The van der Waals surface area contributed by atoms with E-state index < -0.39 is 5.91 Å². The standard InChI is InChI=1S/C22H20ClN3O3/c1-4-15-13-26(14-25(3)22(15)28)19-12-17(24-21(27)5-2)8-11-20(19)29-18-9-6-16(23)7-10-18/h2,6-13H,4,14H2,1,3H3,(H,24,27). The zero-order chi connectivity index (χ0) is 21.0. The SMILES string of the molecule is C#CC(=O)Nc1ccc(Oc2ccc(Cl)cc2)c(N2C=C(CC)C(=O)N(C)C2)c1. The maximum Gasteiger partial charge on any atom is 0.300 e. The summed E-state index contributed by atoms with van der Waals surface area (Å²) in [6.07, 6.45) is 7.56. The second-order valence-corrected chi connectivity index (χ2v) is 6.90. The van der Waals surface area contributed by atoms with Gasteiger partial charge < -0.3 is 19.9 Å². The molecule has 0 fully saturated rings. The number of anilines is 2. The van der Waals surface area contributed by atoms with Crippen LogP contribution in [0.25, 0.3) is 0 Å². The number of carbonyl (C=O) groups is 2. The summed E-state index contributed by atoms with van der Waals surface area (Å²) >= 11 is 5.95. The first kappa shape index (κ1) is 20.3. The van der Waals surface area contributed by atoms with E-state index in [0.717, 1.165) is 0 Å². The van der Waals surface area contributed by atoms with Crippen molar-refractivity contribution in [3.63, 3.8) is 0 Å². The highest BCUT2D eigenvalue weighted by atomic mass is 35.5. The number of carbonyl (C=O) groups excluding carboxylic acids is 2. The van der Waals surface area contributed by atoms with Gasteiger partial charge in [0, 0.05) is 29.5 Å². The Morgan fingerprint density at radius 1 is 1.28 bits per heavy atom. The van der Waals surface area contributed by atoms with Gasteiger partial charge in [-0.2, -0.15) is 0 Å². The number of nitrogens with zero attached hydrogens (tertiary/aromatic N) is 2. The zero-order valence-electron chi connectivity index (χ0n) is 16.1. The van der Waals surface area contributed by atoms with E-state index in [-0.39, 0.29) is 5.91 Å². The molecule has 0 bridgehead atoms. The number of nitrogens with one attached hydrogen (secondary N) is 1. The predicted molar refractivity (Wildman–Crippen MR) is 114 cm³/mol. The van der Waals surface area contributed by atoms with E-state index >= 15 is 0 Å². The Balaban J connectivity index is 2.02. The molecular weight excluding hydrogens is 390 g/mol. The summed E-state index contributed by atoms with van der Waals surface area (Å²) in [5.41, 5.74) is 1.88. The van der Waals surface area contributed by atoms with E-state index in [1.165, 1.54) is 0 Å². The molecule has 2 aromatic rings. The third kappa shape index (κ3) is 4.71. The highest BCUT2D eigenvalue weighted by Gasteiger charge is 2.24. The number of benzene rings is 2. The number of ether oxygens (including phenoxy) is 1. The van der Waals surface area contributed by atoms with Gasteiger partial charge in [-0.25, -0.2) is 0 Å². The number of hydrogen-bond acceptors (Lipinski definition) is 4. The van der Waals surface area contributed by atoms with Crippen molar-refractivity contribution in [3.8, 4) is 23.8 Å². The van der Waals surface area contributed by atoms with E-state index in [1.54, 1.807) is 60.6 Å². The molecule has 6 nitrogen and oxygen atoms in total. The molecule has 2 aromatic carbocycles. The highest BCUT2D eigenvalue weighted by Crippen LogP contribution is 2.37. The monoisotopic (exact) mass is 409 g/mol. The predicted octanol–water partition coefficient (Wildman–Crippen LogP) is 4.23. The number of likely N-dealkylation sites (N-methyl/N-ethyl adjacent to an activating group) is 1. The second kappa shape index (κ2) is 8.72. The summed E-state index contributed by atoms with van der Waals surface area (Å²) < 4.78 is 6.05. The highest BCUT2D eigenvalue weighted by molar-refractivity contribution is 6.30. The molecule has 1 aliphatic rings. The largest absolute Gasteiger partial charge is 0.455 e. The zero-order valence-corrected chi connectivity index (χ0v) is 16.9. The van der Waals surface area contributed by atoms with Crippen molar-refractivity contribution in [1.29, 1.82) is 0 Å². The van der Waals surface area contributed by atoms with Gasteiger partial charge in [0.25, 0.3) is 11.8 Å². The van der Waals surface area contributed by atoms with Gasteiger partial charge in [-0.1, -0.05) is 18.5 Å². The van der Waals surface area contributed by atoms with Crippen LogP contribution in [0, 0.1) is 12.3 Å². The lowest BCUT2D eigenvalue weighted by atomic mass is 10.1. The molecule has 0 atom stereocenters. The van der Waals surface area contributed by atoms with Crippen LogP contribution >= 0.6 is 11.6 Å². The van der Waals surface area contributed by atoms with E-state index in [4.69, 9.17) is 22.8 Å². The van der Waals surface area contributed by atoms with Gasteiger partial charge in [0.15, 0.2) is 5.75 Å². The Kier molecular flexibility index (Phi) is 6.10. The number of terminal acetylenes is 1. The minimum Gasteiger partial charge on any atom is -0.455 e. The molecule has 0 saturated heterocycles. The van der Waals surface area contributed by atoms with E-state index in [1.807, 2.05) is 17.7 Å². The Labute approximate surface area is 174 Å². The maximum atomic E-state index is 12.3. The summed E-state index contributed by atoms with van der Waals surface area (Å²) in [6, 6.07) is 12.2. The normalized spacial score (nSPS) is 13.6. The van der Waals surface area contributed by atoms with Crippen molar-refractivity contribution >= 4 is 34.8 Å². The first-order valence-corrected chi connectivity index (χ1v) is 9.37. The number of hydrogen-bond donors (Lipinski definition) is 1. The van der Waals surface area contributed by atoms with Crippen LogP contribution < -0.4 is 15.0 Å². The lowest BCUT2D eigenvalue weighted by Gasteiger charge is -2.33. The fraction of sp³-hybridized carbons (Fsp3) is 0.182. The van der Waals surface area contributed by atoms with E-state index in [9.17, 15) is 9.59 Å². The Bertz CT molecular complexity index is 1010. The Hall–Kier alpha value is -3.43. The first-order valence-electron chi connectivity index (χ1n) is 8.99. The minimum atomic E-state index is -0.543. The van der Waals surface area contributed by atoms with Gasteiger partial charge in [0.2, 0.25) is 0 Å². The maximum absolute atomic E-state index is 12.3. The van der Waals surface area contributed by atoms with Crippen LogP contribution in [0.4, 0.5) is 11.4 Å². The molecule has 1 heterocycles. The smallest absolute Gasteiger partial charge is 0.300 e. The molecule has 1 N–H and O–H groups in total. The van der Waals surface area contributed by atoms with Crippen LogP contribution in [-0.4, -0.2) is 30.4 Å². The van der Waals surface area contributed by atoms with Crippen LogP contribution in [0.2, 0.25) is 5.02 Å². The molecule has 0 radical (unpaired) electrons. The van der Waals surface area contributed by atoms with Crippen molar-refractivity contribution in [2.75, 3.05) is 23.9 Å². The van der Waals surface area contributed by atoms with Crippen LogP contribution in [0.3, 0.4) is 0 Å². The van der Waals surface area contributed by atoms with Crippen LogP contribution in [0.1, 0.15) is 13.3 Å². The molecule has 148 valence electrons. The van der Waals surface area contributed by atoms with Crippen LogP contribution in [-0.2, 0) is 9.59 Å². The lowest BCUT2D eigenvalue weighted by Crippen LogP contribution is -2.42. The third-order valence-electron chi connectivity index (χ3n) is 4.38. The fourth-order valence-corrected chi connectivity index (χ4v) is 3.04. The minimum absolute atomic E-state index is 0.0132. The molecule has 0 unspecified atom stereocenters. The molecule has 1 aliphatic heterocycles. The molecule has 0 saturated carbocycles. The van der Waals surface area contributed by atoms with Gasteiger partial charge >= 0.3 is 0 Å². The Morgan fingerprint density at radius 3 is 2.66 bits per heavy atom. The van der Waals surface area contributed by atoms with Crippen molar-refractivity contribution in [3.05, 3.63) is 59.3 Å². The lowest BCUT2D eigenvalue weighted by molar-refractivity contribution is -0.126. The molecule has 29 heavy (non-hydrogen) atoms. The van der Waals surface area contributed by atoms with E-state index in [2.05, 4.69) is 5.32 Å². The number of rotatable bonds is 5. The Morgan fingerprint density at radius 2 is 2.00 bits per heavy atom. The summed E-state index contributed by atoms with van der Waals surface area (Å²) in [5.74, 6) is 2.64. The van der Waals surface area contributed by atoms with Crippen LogP contribution in [0.15, 0.2) is 54.2 Å². The van der Waals surface area contributed by atoms with Crippen molar-refractivity contribution in [2.24, 2.45) is 0 Å². The van der Waals surface area contributed by atoms with Gasteiger partial charge in [0.1, 0.15) is 5.75 Å². The van der Waals surface area contributed by atoms with E-state index in [0.29, 0.717) is 46.6 Å². The topological polar surface area (TPSA) is 61.9 Å². The second-order valence-electron chi connectivity index (χ2n) is 6.46. The van der Waals surface area contributed by atoms with Gasteiger partial charge in [0.05, 0.1) is 12.4 Å². The quantitative estimate of drug-likeness (QED) is 0.750. The molecule has 0 aliphatic carbocycles. The molecule has 0 spiro atoms. The fourth-order valence-electron chi connectivity index (χ4n) is 2.91. The molecular formula is C22H20ClN3O3. The number of halogens is 1. The molecule has 7 heteroatoms. The first-order chi connectivity index (χ1) is 13.9. The molecule has 0 aromatic heterocycles. The summed E-state index contributed by atoms with van der Waals surface area (Å²) in [5, 5.41) is 3.25. The van der Waals surface area contributed by atoms with Gasteiger partial charge in [-0.3, -0.25) is 9.59 Å². The molecule has 3 rings (SSSR count). The van der Waals surface area contributed by atoms with Crippen LogP contribution in [0.5, 0.6) is 11.5 Å². The summed E-state index contributed by atoms with van der Waals surface area (Å²) in [7, 11) is 1.74. The average molecular weight is 410 g/mol. The average Bonchev–Trinajstić information content (AvgIpc) is 2.72. The van der Waals surface area contributed by atoms with Gasteiger partial charge in [-0.05, 0) is 54.8 Å². The third-order valence-corrected chi connectivity index (χ3v) is 4.63. The summed E-state index contributed by atoms with van der Waals surface area (Å²) in [4.78, 5) is 27.4. The molecule has 2 amide bonds. The van der Waals surface area contributed by atoms with Crippen molar-refractivity contribution < 1.29 is 14.3 Å². The number of amides is 2.